The molecule has 13 aromatic rings. The monoisotopic (exact) mass is 1020 g/mol. The van der Waals surface area contributed by atoms with E-state index in [0.29, 0.717) is 0 Å². The number of pyridine rings is 2. The van der Waals surface area contributed by atoms with Crippen LogP contribution in [0.15, 0.2) is 219 Å². The van der Waals surface area contributed by atoms with E-state index in [9.17, 15) is 0 Å². The Bertz CT molecular complexity index is 3930. The van der Waals surface area contributed by atoms with Gasteiger partial charge in [0.25, 0.3) is 0 Å². The summed E-state index contributed by atoms with van der Waals surface area (Å²) in [6.45, 7) is 0. The van der Waals surface area contributed by atoms with Crippen LogP contribution in [0.5, 0.6) is 0 Å². The summed E-state index contributed by atoms with van der Waals surface area (Å²) in [7, 11) is 0. The number of hydrogen-bond acceptors (Lipinski definition) is 3. The van der Waals surface area contributed by atoms with Crippen molar-refractivity contribution in [3.63, 3.8) is 0 Å². The summed E-state index contributed by atoms with van der Waals surface area (Å²) in [6, 6.07) is 74.3. The Morgan fingerprint density at radius 3 is 1.92 bits per heavy atom. The van der Waals surface area contributed by atoms with E-state index in [0.717, 1.165) is 122 Å². The van der Waals surface area contributed by atoms with E-state index in [1.807, 2.05) is 30.7 Å². The number of fused-ring (bicyclic) bond motifs is 7. The summed E-state index contributed by atoms with van der Waals surface area (Å²) in [5, 5.41) is 4.44. The molecule has 5 aromatic heterocycles. The Balaban J connectivity index is 0.00000456. The zero-order valence-corrected chi connectivity index (χ0v) is 37.6. The van der Waals surface area contributed by atoms with Gasteiger partial charge in [-0.15, -0.1) is 34.8 Å². The Morgan fingerprint density at radius 2 is 1.11 bits per heavy atom. The molecule has 0 aliphatic heterocycles. The van der Waals surface area contributed by atoms with Gasteiger partial charge in [-0.3, -0.25) is 9.55 Å². The maximum Gasteiger partial charge on any atom is 2.00 e. The van der Waals surface area contributed by atoms with Crippen molar-refractivity contribution in [3.8, 4) is 67.4 Å². The second-order valence-electron chi connectivity index (χ2n) is 16.4. The molecule has 0 saturated carbocycles. The minimum atomic E-state index is 0. The van der Waals surface area contributed by atoms with Gasteiger partial charge in [0.2, 0.25) is 0 Å². The summed E-state index contributed by atoms with van der Waals surface area (Å²) < 4.78 is 4.55. The predicted octanol–water partition coefficient (Wildman–Crippen LogP) is 14.3. The van der Waals surface area contributed by atoms with Gasteiger partial charge in [0.1, 0.15) is 11.6 Å². The van der Waals surface area contributed by atoms with Crippen LogP contribution in [0.4, 0.5) is 0 Å². The van der Waals surface area contributed by atoms with Gasteiger partial charge in [0.15, 0.2) is 0 Å². The van der Waals surface area contributed by atoms with Crippen molar-refractivity contribution in [3.05, 3.63) is 225 Å². The molecule has 312 valence electrons. The second-order valence-corrected chi connectivity index (χ2v) is 16.4. The molecule has 5 heterocycles. The van der Waals surface area contributed by atoms with Crippen LogP contribution in [0.25, 0.3) is 122 Å². The fraction of sp³-hybridized carbons (Fsp3) is 0. The first-order chi connectivity index (χ1) is 32.2. The van der Waals surface area contributed by atoms with Gasteiger partial charge in [-0.2, -0.15) is 0 Å². The third-order valence-corrected chi connectivity index (χ3v) is 12.7. The SMILES string of the molecule is [Pt+2].[c-]1c(-c2cccc3c2nc(-c2cccc4c2[n-]c2ccccc24)n3-c2ccccc2)ccc2c3cc(-c4ccncc4)c(-c4ccccc4)cc3n(-c3cc(-c4ccccc4)ccn3)c12. The van der Waals surface area contributed by atoms with Crippen molar-refractivity contribution >= 4 is 54.6 Å². The van der Waals surface area contributed by atoms with Crippen LogP contribution >= 0.6 is 0 Å². The van der Waals surface area contributed by atoms with Crippen molar-refractivity contribution in [1.82, 2.24) is 29.1 Å². The summed E-state index contributed by atoms with van der Waals surface area (Å²) in [5.41, 5.74) is 16.4. The first-order valence-electron chi connectivity index (χ1n) is 21.8. The summed E-state index contributed by atoms with van der Waals surface area (Å²) >= 11 is 0. The van der Waals surface area contributed by atoms with E-state index in [-0.39, 0.29) is 21.1 Å². The predicted molar refractivity (Wildman–Crippen MR) is 265 cm³/mol. The van der Waals surface area contributed by atoms with E-state index >= 15 is 0 Å². The molecule has 0 fully saturated rings. The third kappa shape index (κ3) is 6.41. The molecule has 0 unspecified atom stereocenters. The topological polar surface area (TPSA) is 62.6 Å². The number of aromatic nitrogens is 6. The number of nitrogens with zero attached hydrogens (tertiary/aromatic N) is 6. The average molecular weight is 1020 g/mol. The number of para-hydroxylation sites is 4. The molecule has 0 N–H and O–H groups in total. The minimum Gasteiger partial charge on any atom is -0.656 e. The van der Waals surface area contributed by atoms with Crippen molar-refractivity contribution < 1.29 is 21.1 Å². The zero-order chi connectivity index (χ0) is 42.8. The summed E-state index contributed by atoms with van der Waals surface area (Å²) in [4.78, 5) is 20.2. The molecule has 66 heavy (non-hydrogen) atoms. The molecule has 0 bridgehead atoms. The fourth-order valence-corrected chi connectivity index (χ4v) is 9.67. The van der Waals surface area contributed by atoms with Crippen LogP contribution in [-0.2, 0) is 21.1 Å². The largest absolute Gasteiger partial charge is 2.00 e. The molecule has 8 aromatic carbocycles. The fourth-order valence-electron chi connectivity index (χ4n) is 9.67. The molecule has 6 nitrogen and oxygen atoms in total. The number of benzene rings is 8. The van der Waals surface area contributed by atoms with Crippen molar-refractivity contribution in [1.29, 1.82) is 0 Å². The molecule has 0 spiro atoms. The molecule has 0 saturated heterocycles. The van der Waals surface area contributed by atoms with Gasteiger partial charge in [-0.1, -0.05) is 150 Å². The Labute approximate surface area is 394 Å². The molecule has 0 aliphatic rings. The molecule has 13 rings (SSSR count). The third-order valence-electron chi connectivity index (χ3n) is 12.7. The summed E-state index contributed by atoms with van der Waals surface area (Å²) in [6.07, 6.45) is 5.63. The Morgan fingerprint density at radius 1 is 0.439 bits per heavy atom. The van der Waals surface area contributed by atoms with Crippen LogP contribution < -0.4 is 4.98 Å². The minimum absolute atomic E-state index is 0. The van der Waals surface area contributed by atoms with Gasteiger partial charge in [-0.05, 0) is 104 Å². The van der Waals surface area contributed by atoms with Crippen LogP contribution in [0.1, 0.15) is 0 Å². The van der Waals surface area contributed by atoms with E-state index < -0.39 is 0 Å². The quantitative estimate of drug-likeness (QED) is 0.149. The van der Waals surface area contributed by atoms with Gasteiger partial charge in [-0.25, -0.2) is 9.97 Å². The van der Waals surface area contributed by atoms with E-state index in [1.54, 1.807) is 0 Å². The maximum absolute atomic E-state index is 5.57. The van der Waals surface area contributed by atoms with E-state index in [2.05, 4.69) is 208 Å². The molecule has 0 aliphatic carbocycles. The molecule has 0 atom stereocenters. The van der Waals surface area contributed by atoms with Crippen LogP contribution in [0.2, 0.25) is 0 Å². The number of rotatable bonds is 7. The first kappa shape index (κ1) is 39.4. The van der Waals surface area contributed by atoms with Gasteiger partial charge in [0, 0.05) is 35.4 Å². The maximum atomic E-state index is 5.57. The second kappa shape index (κ2) is 16.1. The van der Waals surface area contributed by atoms with Gasteiger partial charge >= 0.3 is 21.1 Å². The standard InChI is InChI=1S/C59H36N6.Pt/c1-4-14-38(15-5-1)41-30-33-61-56(35-41)65-54-34-42(26-27-46(54)51-36-49(40-28-31-60-32-29-40)50(37-55(51)65)39-16-6-2-7-17-39)44-21-13-25-53-58(44)63-59(64(53)43-18-8-3-9-19-43)48-23-12-22-47-45-20-10-11-24-52(45)62-57(47)48;/h1-33,35-37H;/q-2;+2. The van der Waals surface area contributed by atoms with E-state index in [4.69, 9.17) is 15.0 Å². The molecular weight excluding hydrogens is 988 g/mol. The van der Waals surface area contributed by atoms with Gasteiger partial charge < -0.3 is 9.55 Å². The number of imidazole rings is 1. The van der Waals surface area contributed by atoms with Crippen LogP contribution in [0, 0.1) is 6.07 Å². The average Bonchev–Trinajstić information content (AvgIpc) is 4.06. The first-order valence-corrected chi connectivity index (χ1v) is 21.8. The normalized spacial score (nSPS) is 11.5. The molecular formula is C59H36N6Pt. The van der Waals surface area contributed by atoms with Gasteiger partial charge in [0.05, 0.1) is 11.0 Å². The van der Waals surface area contributed by atoms with Crippen molar-refractivity contribution in [2.75, 3.05) is 0 Å². The Kier molecular flexibility index (Phi) is 9.62. The number of hydrogen-bond donors (Lipinski definition) is 0. The zero-order valence-electron chi connectivity index (χ0n) is 35.3. The van der Waals surface area contributed by atoms with Crippen molar-refractivity contribution in [2.45, 2.75) is 0 Å². The van der Waals surface area contributed by atoms with Crippen molar-refractivity contribution in [2.24, 2.45) is 0 Å². The molecule has 0 radical (unpaired) electrons. The summed E-state index contributed by atoms with van der Waals surface area (Å²) in [5.74, 6) is 1.65. The molecule has 7 heteroatoms. The van der Waals surface area contributed by atoms with E-state index in [1.165, 1.54) is 0 Å². The smallest absolute Gasteiger partial charge is 0.656 e. The van der Waals surface area contributed by atoms with Crippen LogP contribution in [-0.4, -0.2) is 24.1 Å². The molecule has 0 amide bonds. The van der Waals surface area contributed by atoms with Crippen LogP contribution in [0.3, 0.4) is 0 Å². The Hall–Kier alpha value is -8.18.